The van der Waals surface area contributed by atoms with Crippen molar-refractivity contribution in [2.75, 3.05) is 0 Å². The van der Waals surface area contributed by atoms with Crippen LogP contribution in [-0.4, -0.2) is 17.8 Å². The molecule has 0 saturated carbocycles. The van der Waals surface area contributed by atoms with Gasteiger partial charge in [-0.1, -0.05) is 35.4 Å². The van der Waals surface area contributed by atoms with E-state index in [2.05, 4.69) is 4.98 Å². The monoisotopic (exact) mass is 505 g/mol. The Morgan fingerprint density at radius 3 is 2.46 bits per heavy atom. The van der Waals surface area contributed by atoms with Crippen molar-refractivity contribution >= 4 is 33.2 Å². The number of ether oxygens (including phenoxy) is 1. The molecule has 0 aliphatic rings. The van der Waals surface area contributed by atoms with Gasteiger partial charge in [-0.2, -0.15) is 10.2 Å². The van der Waals surface area contributed by atoms with E-state index < -0.39 is 20.3 Å². The van der Waals surface area contributed by atoms with Crippen LogP contribution in [-0.2, 0) is 9.84 Å². The van der Waals surface area contributed by atoms with E-state index in [0.717, 1.165) is 22.8 Å². The summed E-state index contributed by atoms with van der Waals surface area (Å²) in [6.45, 7) is 5.59. The van der Waals surface area contributed by atoms with E-state index in [4.69, 9.17) is 16.3 Å². The second-order valence-electron chi connectivity index (χ2n) is 7.97. The molecule has 0 amide bonds. The van der Waals surface area contributed by atoms with Gasteiger partial charge in [0.05, 0.1) is 4.90 Å². The number of benzene rings is 2. The Hall–Kier alpha value is -3.93. The highest BCUT2D eigenvalue weighted by molar-refractivity contribution is 7.95. The van der Waals surface area contributed by atoms with Gasteiger partial charge in [0, 0.05) is 11.2 Å². The van der Waals surface area contributed by atoms with Crippen molar-refractivity contribution in [3.63, 3.8) is 0 Å². The quantitative estimate of drug-likeness (QED) is 0.336. The third kappa shape index (κ3) is 4.69. The number of pyridine rings is 1. The van der Waals surface area contributed by atoms with Gasteiger partial charge in [-0.15, -0.1) is 0 Å². The first-order valence-electron chi connectivity index (χ1n) is 10.5. The molecule has 0 fully saturated rings. The van der Waals surface area contributed by atoms with Gasteiger partial charge in [-0.3, -0.25) is 9.20 Å². The number of aromatic nitrogens is 2. The molecule has 0 unspecified atom stereocenters. The fraction of sp³-hybridized carbons (Fsp3) is 0.115. The molecule has 0 atom stereocenters. The molecule has 176 valence electrons. The summed E-state index contributed by atoms with van der Waals surface area (Å²) >= 11 is 5.87. The number of sulfone groups is 1. The minimum Gasteiger partial charge on any atom is -0.438 e. The van der Waals surface area contributed by atoms with Crippen LogP contribution in [0.25, 0.3) is 11.7 Å². The minimum absolute atomic E-state index is 0.102. The largest absolute Gasteiger partial charge is 0.438 e. The lowest BCUT2D eigenvalue weighted by atomic mass is 10.1. The molecule has 0 spiro atoms. The number of hydrogen-bond acceptors (Lipinski definition) is 6. The van der Waals surface area contributed by atoms with Crippen LogP contribution >= 0.6 is 11.6 Å². The van der Waals surface area contributed by atoms with E-state index >= 15 is 0 Å². The van der Waals surface area contributed by atoms with E-state index in [1.165, 1.54) is 34.9 Å². The van der Waals surface area contributed by atoms with Gasteiger partial charge in [0.2, 0.25) is 15.7 Å². The molecule has 0 aliphatic heterocycles. The lowest BCUT2D eigenvalue weighted by molar-refractivity contribution is 0.457. The minimum atomic E-state index is -4.24. The Morgan fingerprint density at radius 1 is 1.09 bits per heavy atom. The topological polar surface area (TPSA) is 102 Å². The van der Waals surface area contributed by atoms with Crippen molar-refractivity contribution in [3.8, 4) is 17.7 Å². The smallest absolute Gasteiger partial charge is 0.269 e. The number of rotatable bonds is 5. The number of nitriles is 1. The zero-order valence-corrected chi connectivity index (χ0v) is 20.7. The molecule has 0 N–H and O–H groups in total. The second-order valence-corrected chi connectivity index (χ2v) is 10.3. The van der Waals surface area contributed by atoms with Crippen LogP contribution < -0.4 is 10.3 Å². The van der Waals surface area contributed by atoms with E-state index in [-0.39, 0.29) is 16.3 Å². The number of nitrogens with zero attached hydrogens (tertiary/aromatic N) is 3. The molecule has 0 bridgehead atoms. The van der Waals surface area contributed by atoms with Gasteiger partial charge in [-0.05, 0) is 74.4 Å². The Bertz CT molecular complexity index is 1700. The van der Waals surface area contributed by atoms with Crippen molar-refractivity contribution < 1.29 is 13.2 Å². The summed E-state index contributed by atoms with van der Waals surface area (Å²) in [6, 6.07) is 16.1. The number of hydrogen-bond donors (Lipinski definition) is 0. The number of fused-ring (bicyclic) bond motifs is 1. The van der Waals surface area contributed by atoms with Gasteiger partial charge in [-0.25, -0.2) is 8.42 Å². The average molecular weight is 506 g/mol. The van der Waals surface area contributed by atoms with Crippen LogP contribution in [0.3, 0.4) is 0 Å². The van der Waals surface area contributed by atoms with E-state index in [0.29, 0.717) is 16.4 Å². The van der Waals surface area contributed by atoms with Crippen LogP contribution in [0.1, 0.15) is 22.3 Å². The van der Waals surface area contributed by atoms with Crippen LogP contribution in [0.15, 0.2) is 75.4 Å². The third-order valence-corrected chi connectivity index (χ3v) is 7.32. The third-order valence-electron chi connectivity index (χ3n) is 5.39. The number of aryl methyl sites for hydroxylation is 3. The summed E-state index contributed by atoms with van der Waals surface area (Å²) in [4.78, 5) is 17.2. The van der Waals surface area contributed by atoms with Crippen molar-refractivity contribution in [2.24, 2.45) is 0 Å². The molecule has 9 heteroatoms. The predicted molar refractivity (Wildman–Crippen MR) is 134 cm³/mol. The van der Waals surface area contributed by atoms with Crippen molar-refractivity contribution in [1.29, 1.82) is 5.26 Å². The van der Waals surface area contributed by atoms with Gasteiger partial charge in [0.15, 0.2) is 0 Å². The maximum absolute atomic E-state index is 13.5. The molecule has 2 heterocycles. The molecule has 35 heavy (non-hydrogen) atoms. The Kier molecular flexibility index (Phi) is 6.48. The van der Waals surface area contributed by atoms with Crippen LogP contribution in [0, 0.1) is 32.1 Å². The summed E-state index contributed by atoms with van der Waals surface area (Å²) in [7, 11) is -4.24. The molecular formula is C26H20ClN3O4S. The van der Waals surface area contributed by atoms with Gasteiger partial charge in [0.1, 0.15) is 27.9 Å². The highest BCUT2D eigenvalue weighted by Gasteiger charge is 2.24. The van der Waals surface area contributed by atoms with Crippen molar-refractivity contribution in [3.05, 3.63) is 103 Å². The lowest BCUT2D eigenvalue weighted by Gasteiger charge is -2.13. The highest BCUT2D eigenvalue weighted by atomic mass is 35.5. The predicted octanol–water partition coefficient (Wildman–Crippen LogP) is 5.40. The fourth-order valence-corrected chi connectivity index (χ4v) is 4.82. The van der Waals surface area contributed by atoms with Gasteiger partial charge >= 0.3 is 0 Å². The molecule has 0 saturated heterocycles. The Morgan fingerprint density at radius 2 is 1.80 bits per heavy atom. The van der Waals surface area contributed by atoms with Crippen LogP contribution in [0.5, 0.6) is 11.6 Å². The van der Waals surface area contributed by atoms with Gasteiger partial charge < -0.3 is 4.74 Å². The molecule has 2 aromatic carbocycles. The summed E-state index contributed by atoms with van der Waals surface area (Å²) in [5.74, 6) is 0.351. The first-order chi connectivity index (χ1) is 16.6. The summed E-state index contributed by atoms with van der Waals surface area (Å²) in [5, 5.41) is 10.1. The maximum Gasteiger partial charge on any atom is 0.269 e. The van der Waals surface area contributed by atoms with Crippen molar-refractivity contribution in [2.45, 2.75) is 25.7 Å². The fourth-order valence-electron chi connectivity index (χ4n) is 3.55. The first-order valence-corrected chi connectivity index (χ1v) is 12.4. The van der Waals surface area contributed by atoms with Gasteiger partial charge in [0.25, 0.3) is 5.56 Å². The summed E-state index contributed by atoms with van der Waals surface area (Å²) in [5.41, 5.74) is 2.17. The molecule has 0 radical (unpaired) electrons. The first kappa shape index (κ1) is 24.2. The normalized spacial score (nSPS) is 11.9. The Labute approximate surface area is 207 Å². The molecule has 7 nitrogen and oxygen atoms in total. The van der Waals surface area contributed by atoms with E-state index in [1.54, 1.807) is 31.2 Å². The van der Waals surface area contributed by atoms with E-state index in [9.17, 15) is 18.5 Å². The SMILES string of the molecule is Cc1ccc(Oc2nc3c(C)cccn3c(=O)c2C=C(C#N)S(=O)(=O)c2ccc(Cl)cc2)c(C)c1. The zero-order chi connectivity index (χ0) is 25.3. The van der Waals surface area contributed by atoms with Crippen LogP contribution in [0.2, 0.25) is 5.02 Å². The highest BCUT2D eigenvalue weighted by Crippen LogP contribution is 2.29. The van der Waals surface area contributed by atoms with E-state index in [1.807, 2.05) is 26.0 Å². The molecule has 4 rings (SSSR count). The average Bonchev–Trinajstić information content (AvgIpc) is 2.81. The summed E-state index contributed by atoms with van der Waals surface area (Å²) in [6.07, 6.45) is 2.53. The number of allylic oxidation sites excluding steroid dienone is 1. The second kappa shape index (κ2) is 9.37. The molecule has 4 aromatic rings. The Balaban J connectivity index is 1.97. The molecule has 0 aliphatic carbocycles. The summed E-state index contributed by atoms with van der Waals surface area (Å²) < 4.78 is 33.7. The zero-order valence-electron chi connectivity index (χ0n) is 19.1. The standard InChI is InChI=1S/C26H20ClN3O4S/c1-16-6-11-23(18(3)13-16)34-25-22(26(31)30-12-4-5-17(2)24(30)29-25)14-21(15-28)35(32,33)20-9-7-19(27)8-10-20/h4-14H,1-3H3. The van der Waals surface area contributed by atoms with Crippen LogP contribution in [0.4, 0.5) is 0 Å². The maximum atomic E-state index is 13.5. The van der Waals surface area contributed by atoms with Crippen molar-refractivity contribution in [1.82, 2.24) is 9.38 Å². The lowest BCUT2D eigenvalue weighted by Crippen LogP contribution is -2.20. The molecule has 2 aromatic heterocycles. The molecular weight excluding hydrogens is 486 g/mol. The number of halogens is 1.